The first-order valence-electron chi connectivity index (χ1n) is 5.56. The number of rotatable bonds is 2. The number of anilines is 1. The van der Waals surface area contributed by atoms with Gasteiger partial charge in [-0.2, -0.15) is 0 Å². The fourth-order valence-corrected chi connectivity index (χ4v) is 1.94. The van der Waals surface area contributed by atoms with E-state index in [4.69, 9.17) is 16.3 Å². The van der Waals surface area contributed by atoms with Gasteiger partial charge in [0.15, 0.2) is 0 Å². The third-order valence-electron chi connectivity index (χ3n) is 2.67. The Balaban J connectivity index is 0.00000162. The quantitative estimate of drug-likeness (QED) is 0.876. The number of morpholine rings is 1. The molecule has 0 aromatic heterocycles. The van der Waals surface area contributed by atoms with E-state index in [-0.39, 0.29) is 18.3 Å². The molecule has 2 N–H and O–H groups in total. The molecule has 1 aromatic carbocycles. The maximum atomic E-state index is 11.9. The van der Waals surface area contributed by atoms with Gasteiger partial charge in [-0.25, -0.2) is 0 Å². The van der Waals surface area contributed by atoms with Gasteiger partial charge in [-0.3, -0.25) is 4.79 Å². The Morgan fingerprint density at radius 1 is 1.56 bits per heavy atom. The van der Waals surface area contributed by atoms with E-state index in [0.717, 1.165) is 17.8 Å². The van der Waals surface area contributed by atoms with Crippen LogP contribution in [-0.4, -0.2) is 31.7 Å². The largest absolute Gasteiger partial charge is 0.366 e. The second-order valence-electron chi connectivity index (χ2n) is 4.01. The van der Waals surface area contributed by atoms with Crippen LogP contribution in [0.25, 0.3) is 0 Å². The van der Waals surface area contributed by atoms with E-state index in [1.807, 2.05) is 13.0 Å². The number of nitrogens with one attached hydrogen (secondary N) is 2. The van der Waals surface area contributed by atoms with Gasteiger partial charge >= 0.3 is 0 Å². The Labute approximate surface area is 117 Å². The van der Waals surface area contributed by atoms with E-state index in [1.54, 1.807) is 12.1 Å². The van der Waals surface area contributed by atoms with Crippen molar-refractivity contribution in [1.82, 2.24) is 5.32 Å². The maximum absolute atomic E-state index is 11.9. The molecule has 0 spiro atoms. The molecule has 1 fully saturated rings. The molecule has 1 atom stereocenters. The lowest BCUT2D eigenvalue weighted by molar-refractivity contribution is -0.128. The number of ether oxygens (including phenoxy) is 1. The van der Waals surface area contributed by atoms with Crippen molar-refractivity contribution in [2.45, 2.75) is 13.0 Å². The first-order valence-corrected chi connectivity index (χ1v) is 5.94. The summed E-state index contributed by atoms with van der Waals surface area (Å²) in [5.41, 5.74) is 1.71. The van der Waals surface area contributed by atoms with Gasteiger partial charge in [-0.15, -0.1) is 12.4 Å². The lowest BCUT2D eigenvalue weighted by Crippen LogP contribution is -2.45. The summed E-state index contributed by atoms with van der Waals surface area (Å²) >= 11 is 5.85. The predicted octanol–water partition coefficient (Wildman–Crippen LogP) is 2.00. The molecule has 1 aliphatic heterocycles. The number of halogens is 2. The molecule has 2 rings (SSSR count). The highest BCUT2D eigenvalue weighted by Gasteiger charge is 2.21. The van der Waals surface area contributed by atoms with Gasteiger partial charge < -0.3 is 15.4 Å². The fraction of sp³-hybridized carbons (Fsp3) is 0.417. The Kier molecular flexibility index (Phi) is 5.88. The minimum atomic E-state index is -0.418. The first kappa shape index (κ1) is 15.2. The number of hydrogen-bond acceptors (Lipinski definition) is 3. The van der Waals surface area contributed by atoms with Crippen LogP contribution >= 0.6 is 24.0 Å². The lowest BCUT2D eigenvalue weighted by atomic mass is 10.2. The standard InChI is InChI=1S/C12H15ClN2O2.ClH/c1-8-6-9(13)2-3-10(8)15-12(16)11-7-14-4-5-17-11;/h2-3,6,11,14H,4-5,7H2,1H3,(H,15,16);1H. The highest BCUT2D eigenvalue weighted by Crippen LogP contribution is 2.19. The molecule has 1 saturated heterocycles. The smallest absolute Gasteiger partial charge is 0.254 e. The van der Waals surface area contributed by atoms with Gasteiger partial charge in [0, 0.05) is 23.8 Å². The summed E-state index contributed by atoms with van der Waals surface area (Å²) in [5.74, 6) is -0.123. The minimum absolute atomic E-state index is 0. The Hall–Kier alpha value is -0.810. The molecule has 1 unspecified atom stereocenters. The summed E-state index contributed by atoms with van der Waals surface area (Å²) in [7, 11) is 0. The van der Waals surface area contributed by atoms with E-state index < -0.39 is 6.10 Å². The summed E-state index contributed by atoms with van der Waals surface area (Å²) in [4.78, 5) is 11.9. The Morgan fingerprint density at radius 2 is 2.33 bits per heavy atom. The third-order valence-corrected chi connectivity index (χ3v) is 2.90. The van der Waals surface area contributed by atoms with Gasteiger partial charge in [0.05, 0.1) is 6.61 Å². The van der Waals surface area contributed by atoms with Crippen LogP contribution < -0.4 is 10.6 Å². The van der Waals surface area contributed by atoms with Crippen molar-refractivity contribution >= 4 is 35.6 Å². The Morgan fingerprint density at radius 3 is 2.94 bits per heavy atom. The number of carbonyl (C=O) groups is 1. The first-order chi connectivity index (χ1) is 8.16. The summed E-state index contributed by atoms with van der Waals surface area (Å²) in [5, 5.41) is 6.63. The van der Waals surface area contributed by atoms with Crippen molar-refractivity contribution in [2.24, 2.45) is 0 Å². The molecule has 1 aromatic rings. The van der Waals surface area contributed by atoms with Crippen molar-refractivity contribution in [1.29, 1.82) is 0 Å². The van der Waals surface area contributed by atoms with Crippen molar-refractivity contribution < 1.29 is 9.53 Å². The van der Waals surface area contributed by atoms with Crippen LogP contribution in [0.3, 0.4) is 0 Å². The highest BCUT2D eigenvalue weighted by molar-refractivity contribution is 6.30. The molecule has 0 aliphatic carbocycles. The third kappa shape index (κ3) is 3.85. The van der Waals surface area contributed by atoms with Crippen molar-refractivity contribution in [2.75, 3.05) is 25.0 Å². The molecule has 0 saturated carbocycles. The van der Waals surface area contributed by atoms with Crippen LogP contribution in [0.1, 0.15) is 5.56 Å². The van der Waals surface area contributed by atoms with Gasteiger partial charge in [0.1, 0.15) is 6.10 Å². The minimum Gasteiger partial charge on any atom is -0.366 e. The lowest BCUT2D eigenvalue weighted by Gasteiger charge is -2.23. The summed E-state index contributed by atoms with van der Waals surface area (Å²) in [6.07, 6.45) is -0.418. The number of amides is 1. The molecular formula is C12H16Cl2N2O2. The van der Waals surface area contributed by atoms with E-state index >= 15 is 0 Å². The van der Waals surface area contributed by atoms with Gasteiger partial charge in [0.2, 0.25) is 0 Å². The van der Waals surface area contributed by atoms with Crippen LogP contribution in [0.15, 0.2) is 18.2 Å². The zero-order valence-corrected chi connectivity index (χ0v) is 11.6. The molecule has 0 bridgehead atoms. The van der Waals surface area contributed by atoms with E-state index in [2.05, 4.69) is 10.6 Å². The molecule has 100 valence electrons. The second-order valence-corrected chi connectivity index (χ2v) is 4.45. The van der Waals surface area contributed by atoms with Crippen molar-refractivity contribution in [3.8, 4) is 0 Å². The van der Waals surface area contributed by atoms with E-state index in [9.17, 15) is 4.79 Å². The number of aryl methyl sites for hydroxylation is 1. The van der Waals surface area contributed by atoms with Crippen molar-refractivity contribution in [3.63, 3.8) is 0 Å². The predicted molar refractivity (Wildman–Crippen MR) is 74.7 cm³/mol. The van der Waals surface area contributed by atoms with Gasteiger partial charge in [0.25, 0.3) is 5.91 Å². The van der Waals surface area contributed by atoms with E-state index in [0.29, 0.717) is 18.2 Å². The summed E-state index contributed by atoms with van der Waals surface area (Å²) in [6.45, 7) is 3.82. The highest BCUT2D eigenvalue weighted by atomic mass is 35.5. The monoisotopic (exact) mass is 290 g/mol. The van der Waals surface area contributed by atoms with Crippen molar-refractivity contribution in [3.05, 3.63) is 28.8 Å². The van der Waals surface area contributed by atoms with Gasteiger partial charge in [-0.1, -0.05) is 11.6 Å². The molecule has 1 heterocycles. The number of hydrogen-bond donors (Lipinski definition) is 2. The summed E-state index contributed by atoms with van der Waals surface area (Å²) < 4.78 is 5.37. The normalized spacial score (nSPS) is 18.9. The average Bonchev–Trinajstić information content (AvgIpc) is 2.34. The topological polar surface area (TPSA) is 50.4 Å². The van der Waals surface area contributed by atoms with Crippen LogP contribution in [0.2, 0.25) is 5.02 Å². The number of carbonyl (C=O) groups excluding carboxylic acids is 1. The molecule has 18 heavy (non-hydrogen) atoms. The molecule has 6 heteroatoms. The SMILES string of the molecule is Cc1cc(Cl)ccc1NC(=O)C1CNCCO1.Cl. The molecule has 4 nitrogen and oxygen atoms in total. The zero-order chi connectivity index (χ0) is 12.3. The Bertz CT molecular complexity index is 421. The summed E-state index contributed by atoms with van der Waals surface area (Å²) in [6, 6.07) is 5.37. The molecule has 1 amide bonds. The van der Waals surface area contributed by atoms with Crippen LogP contribution in [0, 0.1) is 6.92 Å². The zero-order valence-electron chi connectivity index (χ0n) is 10.0. The molecule has 0 radical (unpaired) electrons. The van der Waals surface area contributed by atoms with E-state index in [1.165, 1.54) is 0 Å². The molecule has 1 aliphatic rings. The second kappa shape index (κ2) is 6.95. The van der Waals surface area contributed by atoms with Crippen LogP contribution in [0.5, 0.6) is 0 Å². The van der Waals surface area contributed by atoms with Crippen LogP contribution in [0.4, 0.5) is 5.69 Å². The number of benzene rings is 1. The van der Waals surface area contributed by atoms with Crippen LogP contribution in [-0.2, 0) is 9.53 Å². The van der Waals surface area contributed by atoms with Gasteiger partial charge in [-0.05, 0) is 30.7 Å². The average molecular weight is 291 g/mol. The maximum Gasteiger partial charge on any atom is 0.254 e. The molecular weight excluding hydrogens is 275 g/mol. The fourth-order valence-electron chi connectivity index (χ4n) is 1.71.